The number of carbonyl (C=O) groups is 1. The maximum atomic E-state index is 12.2. The maximum Gasteiger partial charge on any atom is 0.223 e. The molecule has 1 amide bonds. The Labute approximate surface area is 108 Å². The van der Waals surface area contributed by atoms with Crippen molar-refractivity contribution in [2.45, 2.75) is 58.9 Å². The zero-order valence-corrected chi connectivity index (χ0v) is 12.3. The van der Waals surface area contributed by atoms with E-state index in [4.69, 9.17) is 0 Å². The third-order valence-electron chi connectivity index (χ3n) is 3.06. The monoisotopic (exact) mass is 289 g/mol. The van der Waals surface area contributed by atoms with E-state index in [-0.39, 0.29) is 5.41 Å². The Balaban J connectivity index is 2.63. The lowest BCUT2D eigenvalue weighted by Gasteiger charge is -2.31. The first-order chi connectivity index (χ1) is 7.44. The highest BCUT2D eigenvalue weighted by molar-refractivity contribution is 9.09. The minimum Gasteiger partial charge on any atom is -0.339 e. The Morgan fingerprint density at radius 3 is 2.56 bits per heavy atom. The highest BCUT2D eigenvalue weighted by Gasteiger charge is 2.27. The van der Waals surface area contributed by atoms with Gasteiger partial charge in [-0.15, -0.1) is 0 Å². The van der Waals surface area contributed by atoms with Crippen LogP contribution in [0.5, 0.6) is 0 Å². The van der Waals surface area contributed by atoms with Crippen LogP contribution in [0.4, 0.5) is 0 Å². The van der Waals surface area contributed by atoms with Crippen LogP contribution in [0.25, 0.3) is 0 Å². The van der Waals surface area contributed by atoms with Crippen molar-refractivity contribution >= 4 is 21.8 Å². The standard InChI is InChI=1S/C13H24BrNO/c1-13(2,3)9-12(16)15-8-6-4-5-7-11(15)10-14/h11H,4-10H2,1-3H3. The molecule has 1 atom stereocenters. The van der Waals surface area contributed by atoms with Crippen molar-refractivity contribution in [1.82, 2.24) is 4.90 Å². The van der Waals surface area contributed by atoms with E-state index < -0.39 is 0 Å². The summed E-state index contributed by atoms with van der Waals surface area (Å²) in [6.45, 7) is 7.34. The molecule has 0 aromatic carbocycles. The van der Waals surface area contributed by atoms with Crippen LogP contribution in [-0.2, 0) is 4.79 Å². The van der Waals surface area contributed by atoms with Gasteiger partial charge in [0.1, 0.15) is 0 Å². The first-order valence-corrected chi connectivity index (χ1v) is 7.41. The van der Waals surface area contributed by atoms with E-state index in [9.17, 15) is 4.79 Å². The number of hydrogen-bond donors (Lipinski definition) is 0. The van der Waals surface area contributed by atoms with Gasteiger partial charge in [-0.05, 0) is 18.3 Å². The number of carbonyl (C=O) groups excluding carboxylic acids is 1. The fourth-order valence-electron chi connectivity index (χ4n) is 2.22. The van der Waals surface area contributed by atoms with Gasteiger partial charge >= 0.3 is 0 Å². The van der Waals surface area contributed by atoms with Gasteiger partial charge in [0.2, 0.25) is 5.91 Å². The quantitative estimate of drug-likeness (QED) is 0.712. The van der Waals surface area contributed by atoms with Gasteiger partial charge in [0.25, 0.3) is 0 Å². The molecule has 0 aliphatic carbocycles. The molecule has 1 heterocycles. The van der Waals surface area contributed by atoms with Gasteiger partial charge in [0.15, 0.2) is 0 Å². The number of hydrogen-bond acceptors (Lipinski definition) is 1. The lowest BCUT2D eigenvalue weighted by Crippen LogP contribution is -2.42. The van der Waals surface area contributed by atoms with Crippen molar-refractivity contribution in [3.63, 3.8) is 0 Å². The van der Waals surface area contributed by atoms with Crippen LogP contribution in [-0.4, -0.2) is 28.7 Å². The van der Waals surface area contributed by atoms with Gasteiger partial charge < -0.3 is 4.90 Å². The molecule has 0 aromatic rings. The summed E-state index contributed by atoms with van der Waals surface area (Å²) in [5.74, 6) is 0.332. The van der Waals surface area contributed by atoms with Crippen molar-refractivity contribution in [2.24, 2.45) is 5.41 Å². The van der Waals surface area contributed by atoms with Crippen LogP contribution in [0.3, 0.4) is 0 Å². The molecule has 1 fully saturated rings. The van der Waals surface area contributed by atoms with Crippen molar-refractivity contribution in [3.8, 4) is 0 Å². The molecular weight excluding hydrogens is 266 g/mol. The van der Waals surface area contributed by atoms with Crippen LogP contribution in [0, 0.1) is 5.41 Å². The summed E-state index contributed by atoms with van der Waals surface area (Å²) in [6.07, 6.45) is 5.51. The van der Waals surface area contributed by atoms with E-state index in [0.717, 1.165) is 18.3 Å². The fourth-order valence-corrected chi connectivity index (χ4v) is 2.89. The Morgan fingerprint density at radius 1 is 1.31 bits per heavy atom. The van der Waals surface area contributed by atoms with E-state index in [0.29, 0.717) is 18.4 Å². The Kier molecular flexibility index (Phi) is 5.29. The molecule has 1 saturated heterocycles. The normalized spacial score (nSPS) is 23.0. The third-order valence-corrected chi connectivity index (χ3v) is 3.80. The molecule has 3 heteroatoms. The molecule has 1 unspecified atom stereocenters. The van der Waals surface area contributed by atoms with Gasteiger partial charge in [-0.25, -0.2) is 0 Å². The van der Waals surface area contributed by atoms with Crippen LogP contribution in [0.15, 0.2) is 0 Å². The SMILES string of the molecule is CC(C)(C)CC(=O)N1CCCCCC1CBr. The van der Waals surface area contributed by atoms with Crippen molar-refractivity contribution in [3.05, 3.63) is 0 Å². The number of alkyl halides is 1. The summed E-state index contributed by atoms with van der Waals surface area (Å²) in [5.41, 5.74) is 0.0975. The molecule has 0 aromatic heterocycles. The molecular formula is C13H24BrNO. The number of nitrogens with zero attached hydrogens (tertiary/aromatic N) is 1. The topological polar surface area (TPSA) is 20.3 Å². The molecule has 0 saturated carbocycles. The van der Waals surface area contributed by atoms with Gasteiger partial charge in [0, 0.05) is 24.3 Å². The van der Waals surface area contributed by atoms with E-state index in [1.807, 2.05) is 0 Å². The van der Waals surface area contributed by atoms with Crippen LogP contribution in [0.1, 0.15) is 52.9 Å². The predicted octanol–water partition coefficient (Wildman–Crippen LogP) is 3.59. The smallest absolute Gasteiger partial charge is 0.223 e. The van der Waals surface area contributed by atoms with Gasteiger partial charge in [-0.2, -0.15) is 0 Å². The molecule has 16 heavy (non-hydrogen) atoms. The maximum absolute atomic E-state index is 12.2. The van der Waals surface area contributed by atoms with Crippen LogP contribution >= 0.6 is 15.9 Å². The average molecular weight is 290 g/mol. The zero-order valence-electron chi connectivity index (χ0n) is 10.8. The summed E-state index contributed by atoms with van der Waals surface area (Å²) >= 11 is 3.54. The average Bonchev–Trinajstić information content (AvgIpc) is 2.39. The van der Waals surface area contributed by atoms with E-state index >= 15 is 0 Å². The largest absolute Gasteiger partial charge is 0.339 e. The third kappa shape index (κ3) is 4.44. The second-order valence-electron chi connectivity index (χ2n) is 5.98. The predicted molar refractivity (Wildman–Crippen MR) is 71.8 cm³/mol. The number of rotatable bonds is 2. The second-order valence-corrected chi connectivity index (χ2v) is 6.63. The molecule has 0 spiro atoms. The molecule has 0 bridgehead atoms. The lowest BCUT2D eigenvalue weighted by atomic mass is 9.91. The minimum absolute atomic E-state index is 0.0975. The molecule has 1 rings (SSSR count). The van der Waals surface area contributed by atoms with Gasteiger partial charge in [-0.1, -0.05) is 49.5 Å². The molecule has 0 radical (unpaired) electrons. The van der Waals surface area contributed by atoms with Gasteiger partial charge in [0.05, 0.1) is 0 Å². The number of halogens is 1. The Hall–Kier alpha value is -0.0500. The first-order valence-electron chi connectivity index (χ1n) is 6.29. The fraction of sp³-hybridized carbons (Fsp3) is 0.923. The van der Waals surface area contributed by atoms with E-state index in [1.54, 1.807) is 0 Å². The Morgan fingerprint density at radius 2 is 2.00 bits per heavy atom. The van der Waals surface area contributed by atoms with Crippen molar-refractivity contribution < 1.29 is 4.79 Å². The van der Waals surface area contributed by atoms with Crippen molar-refractivity contribution in [1.29, 1.82) is 0 Å². The summed E-state index contributed by atoms with van der Waals surface area (Å²) in [4.78, 5) is 14.3. The summed E-state index contributed by atoms with van der Waals surface area (Å²) in [5, 5.41) is 0.920. The number of likely N-dealkylation sites (tertiary alicyclic amines) is 1. The molecule has 1 aliphatic rings. The molecule has 1 aliphatic heterocycles. The highest BCUT2D eigenvalue weighted by Crippen LogP contribution is 2.24. The number of amides is 1. The zero-order chi connectivity index (χ0) is 12.2. The molecule has 2 nitrogen and oxygen atoms in total. The van der Waals surface area contributed by atoms with Crippen LogP contribution in [0.2, 0.25) is 0 Å². The van der Waals surface area contributed by atoms with E-state index in [1.165, 1.54) is 19.3 Å². The van der Waals surface area contributed by atoms with Crippen LogP contribution < -0.4 is 0 Å². The highest BCUT2D eigenvalue weighted by atomic mass is 79.9. The first kappa shape index (κ1) is 14.0. The summed E-state index contributed by atoms with van der Waals surface area (Å²) in [6, 6.07) is 0.414. The Bertz CT molecular complexity index is 235. The summed E-state index contributed by atoms with van der Waals surface area (Å²) in [7, 11) is 0. The minimum atomic E-state index is 0.0975. The van der Waals surface area contributed by atoms with Crippen molar-refractivity contribution in [2.75, 3.05) is 11.9 Å². The molecule has 94 valence electrons. The molecule has 0 N–H and O–H groups in total. The lowest BCUT2D eigenvalue weighted by molar-refractivity contribution is -0.134. The summed E-state index contributed by atoms with van der Waals surface area (Å²) < 4.78 is 0. The second kappa shape index (κ2) is 6.04. The van der Waals surface area contributed by atoms with Gasteiger partial charge in [-0.3, -0.25) is 4.79 Å². The van der Waals surface area contributed by atoms with E-state index in [2.05, 4.69) is 41.6 Å².